The number of hydrogen-bond acceptors (Lipinski definition) is 4. The number of rotatable bonds is 0. The summed E-state index contributed by atoms with van der Waals surface area (Å²) < 4.78 is 13.3. The zero-order chi connectivity index (χ0) is 7.10. The van der Waals surface area contributed by atoms with Crippen molar-refractivity contribution in [2.45, 2.75) is 0 Å². The molecule has 2 aliphatic heterocycles. The second-order valence-corrected chi connectivity index (χ2v) is 14.4. The monoisotopic (exact) mass is 382 g/mol. The first-order valence-electron chi connectivity index (χ1n) is 3.17. The van der Waals surface area contributed by atoms with Crippen LogP contribution < -0.4 is 15.5 Å². The zero-order valence-electron chi connectivity index (χ0n) is 5.93. The summed E-state index contributed by atoms with van der Waals surface area (Å²) >= 11 is -3.06. The zero-order valence-corrected chi connectivity index (χ0v) is 9.78. The molecule has 0 saturated carbocycles. The van der Waals surface area contributed by atoms with Crippen molar-refractivity contribution in [3.63, 3.8) is 0 Å². The van der Waals surface area contributed by atoms with Gasteiger partial charge in [0.15, 0.2) is 0 Å². The summed E-state index contributed by atoms with van der Waals surface area (Å²) in [5, 5.41) is 0. The average molecular weight is 383 g/mol. The van der Waals surface area contributed by atoms with Crippen molar-refractivity contribution >= 4 is 21.8 Å². The molecule has 4 N–H and O–H groups in total. The third-order valence-corrected chi connectivity index (χ3v) is 12.5. The minimum absolute atomic E-state index is 0. The molecule has 0 aromatic heterocycles. The van der Waals surface area contributed by atoms with Gasteiger partial charge >= 0.3 is 65.9 Å². The molecule has 11 heavy (non-hydrogen) atoms. The van der Waals surface area contributed by atoms with E-state index < -0.39 is 14.8 Å². The van der Waals surface area contributed by atoms with Crippen LogP contribution in [0.15, 0.2) is 0 Å². The van der Waals surface area contributed by atoms with Crippen LogP contribution in [0, 0.1) is 0 Å². The Morgan fingerprint density at radius 3 is 1.36 bits per heavy atom. The van der Waals surface area contributed by atoms with Crippen LogP contribution in [-0.2, 0) is 14.8 Å². The van der Waals surface area contributed by atoms with Crippen molar-refractivity contribution in [1.82, 2.24) is 15.5 Å². The van der Waals surface area contributed by atoms with Crippen LogP contribution >= 0.6 is 21.8 Å². The van der Waals surface area contributed by atoms with Crippen LogP contribution in [0.3, 0.4) is 0 Å². The molecule has 0 amide bonds. The number of halogens is 2. The fraction of sp³-hybridized carbons (Fsp3) is 1.00. The first-order valence-corrected chi connectivity index (χ1v) is 10.5. The summed E-state index contributed by atoms with van der Waals surface area (Å²) in [6.45, 7) is 3.88. The van der Waals surface area contributed by atoms with E-state index in [1.807, 2.05) is 0 Å². The van der Waals surface area contributed by atoms with Crippen LogP contribution in [0.5, 0.6) is 0 Å². The van der Waals surface area contributed by atoms with Gasteiger partial charge in [-0.05, 0) is 0 Å². The maximum atomic E-state index is 6.40. The Labute approximate surface area is 78.2 Å². The predicted octanol–water partition coefficient (Wildman–Crippen LogP) is -0.703. The molecule has 0 radical (unpaired) electrons. The Kier molecular flexibility index (Phi) is 2.88. The van der Waals surface area contributed by atoms with Gasteiger partial charge < -0.3 is 0 Å². The Morgan fingerprint density at radius 2 is 1.09 bits per heavy atom. The Morgan fingerprint density at radius 1 is 0.818 bits per heavy atom. The second-order valence-electron chi connectivity index (χ2n) is 2.16. The van der Waals surface area contributed by atoms with Crippen molar-refractivity contribution in [2.24, 2.45) is 0 Å². The van der Waals surface area contributed by atoms with E-state index in [9.17, 15) is 0 Å². The normalized spacial score (nSPS) is 35.9. The van der Waals surface area contributed by atoms with Crippen molar-refractivity contribution in [2.75, 3.05) is 26.2 Å². The fourth-order valence-electron chi connectivity index (χ4n) is 0.989. The van der Waals surface area contributed by atoms with Crippen LogP contribution in [0.2, 0.25) is 0 Å². The van der Waals surface area contributed by atoms with Crippen molar-refractivity contribution in [1.29, 1.82) is 0 Å². The van der Waals surface area contributed by atoms with Gasteiger partial charge in [-0.3, -0.25) is 0 Å². The Balaban J connectivity index is 0.000000605. The van der Waals surface area contributed by atoms with Gasteiger partial charge in [-0.2, -0.15) is 0 Å². The summed E-state index contributed by atoms with van der Waals surface area (Å²) in [5.41, 5.74) is 0. The molecular weight excluding hydrogens is 370 g/mol. The van der Waals surface area contributed by atoms with Crippen LogP contribution in [0.4, 0.5) is 0 Å². The molecule has 2 rings (SSSR count). The molecule has 0 atom stereocenters. The molecule has 2 heterocycles. The van der Waals surface area contributed by atoms with Crippen LogP contribution in [0.25, 0.3) is 0 Å². The van der Waals surface area contributed by atoms with E-state index in [1.165, 1.54) is 0 Å². The number of hydrogen-bond donors (Lipinski definition) is 4. The second kappa shape index (κ2) is 3.11. The van der Waals surface area contributed by atoms with Crippen LogP contribution in [-0.4, -0.2) is 26.2 Å². The molecule has 0 bridgehead atoms. The molecule has 0 aromatic rings. The van der Waals surface area contributed by atoms with Gasteiger partial charge in [-0.15, -0.1) is 12.4 Å². The molecule has 2 saturated heterocycles. The molecule has 0 aromatic carbocycles. The summed E-state index contributed by atoms with van der Waals surface area (Å²) in [4.78, 5) is 0. The molecule has 4 nitrogen and oxygen atoms in total. The fourth-order valence-corrected chi connectivity index (χ4v) is 10.1. The van der Waals surface area contributed by atoms with Crippen LogP contribution in [0.1, 0.15) is 0 Å². The van der Waals surface area contributed by atoms with E-state index in [0.29, 0.717) is 0 Å². The van der Waals surface area contributed by atoms with E-state index in [2.05, 4.69) is 15.5 Å². The first-order chi connectivity index (χ1) is 4.71. The average Bonchev–Trinajstić information content (AvgIpc) is 2.44. The summed E-state index contributed by atoms with van der Waals surface area (Å²) in [6.07, 6.45) is 0. The molecular formula is C4H13Cl2N4Pt. The van der Waals surface area contributed by atoms with E-state index in [1.54, 1.807) is 0 Å². The van der Waals surface area contributed by atoms with Crippen molar-refractivity contribution in [3.8, 4) is 0 Å². The van der Waals surface area contributed by atoms with E-state index in [4.69, 9.17) is 9.42 Å². The van der Waals surface area contributed by atoms with Gasteiger partial charge in [0.25, 0.3) is 0 Å². The quantitative estimate of drug-likeness (QED) is 0.447. The standard InChI is InChI=1S/2C2H6N2.2ClH.Pt/c2*3-1-2-4;;;/h2*3-4H,1-2H2;2*1H;/q2*-2;;;+5/p-1. The molecule has 1 spiro atoms. The molecule has 2 fully saturated rings. The van der Waals surface area contributed by atoms with E-state index in [-0.39, 0.29) is 12.4 Å². The van der Waals surface area contributed by atoms with Gasteiger partial charge in [0.05, 0.1) is 0 Å². The maximum absolute atomic E-state index is 6.40. The predicted molar refractivity (Wildman–Crippen MR) is 45.1 cm³/mol. The number of nitrogens with one attached hydrogen (secondary N) is 4. The van der Waals surface area contributed by atoms with Gasteiger partial charge in [0.1, 0.15) is 0 Å². The van der Waals surface area contributed by atoms with Gasteiger partial charge in [-0.1, -0.05) is 0 Å². The van der Waals surface area contributed by atoms with E-state index in [0.717, 1.165) is 26.2 Å². The topological polar surface area (TPSA) is 48.1 Å². The van der Waals surface area contributed by atoms with Gasteiger partial charge in [0.2, 0.25) is 0 Å². The third kappa shape index (κ3) is 1.73. The molecule has 73 valence electrons. The summed E-state index contributed by atoms with van der Waals surface area (Å²) in [7, 11) is 6.40. The SMILES string of the molecule is Cl.[Cl][Pt]12([NH]CC[NH]1)[NH]CC[NH]2. The van der Waals surface area contributed by atoms with Gasteiger partial charge in [-0.25, -0.2) is 0 Å². The molecule has 7 heteroatoms. The molecule has 0 aliphatic carbocycles. The summed E-state index contributed by atoms with van der Waals surface area (Å²) in [6, 6.07) is 0. The Hall–Kier alpha value is 1.11. The van der Waals surface area contributed by atoms with Gasteiger partial charge in [0, 0.05) is 0 Å². The molecule has 0 unspecified atom stereocenters. The van der Waals surface area contributed by atoms with E-state index >= 15 is 0 Å². The first kappa shape index (κ1) is 10.2. The molecule has 2 aliphatic rings. The minimum atomic E-state index is -3.06. The van der Waals surface area contributed by atoms with Crippen molar-refractivity contribution < 1.29 is 14.8 Å². The third-order valence-electron chi connectivity index (χ3n) is 1.41. The van der Waals surface area contributed by atoms with Crippen molar-refractivity contribution in [3.05, 3.63) is 0 Å². The Bertz CT molecular complexity index is 131. The summed E-state index contributed by atoms with van der Waals surface area (Å²) in [5.74, 6) is 0.